The van der Waals surface area contributed by atoms with E-state index in [1.807, 2.05) is 19.1 Å². The van der Waals surface area contributed by atoms with Crippen molar-refractivity contribution in [1.29, 1.82) is 0 Å². The van der Waals surface area contributed by atoms with Gasteiger partial charge in [0.25, 0.3) is 5.91 Å². The van der Waals surface area contributed by atoms with E-state index in [1.165, 1.54) is 7.11 Å². The monoisotopic (exact) mass is 317 g/mol. The normalized spacial score (nSPS) is 14.2. The minimum absolute atomic E-state index is 0.0622. The zero-order chi connectivity index (χ0) is 16.2. The van der Waals surface area contributed by atoms with Gasteiger partial charge in [-0.05, 0) is 31.2 Å². The standard InChI is InChI=1S/C17H19NO5/c1-11(8-13-4-3-5-21-13)18-17(19)12-9-14(20-2)16-15(10-12)22-6-7-23-16/h3-5,9-11H,6-8H2,1-2H3,(H,18,19)/t11-/m0/s1. The minimum Gasteiger partial charge on any atom is -0.493 e. The van der Waals surface area contributed by atoms with Crippen LogP contribution in [0.15, 0.2) is 34.9 Å². The molecule has 122 valence electrons. The molecule has 23 heavy (non-hydrogen) atoms. The Morgan fingerprint density at radius 1 is 1.35 bits per heavy atom. The summed E-state index contributed by atoms with van der Waals surface area (Å²) in [6.07, 6.45) is 2.25. The number of amides is 1. The second-order valence-electron chi connectivity index (χ2n) is 5.36. The molecule has 0 bridgehead atoms. The van der Waals surface area contributed by atoms with Crippen LogP contribution in [0.2, 0.25) is 0 Å². The first-order chi connectivity index (χ1) is 11.2. The quantitative estimate of drug-likeness (QED) is 0.917. The Morgan fingerprint density at radius 2 is 2.17 bits per heavy atom. The predicted octanol–water partition coefficient (Wildman–Crippen LogP) is 2.42. The maximum Gasteiger partial charge on any atom is 0.251 e. The average molecular weight is 317 g/mol. The number of fused-ring (bicyclic) bond motifs is 1. The van der Waals surface area contributed by atoms with Crippen LogP contribution in [0.5, 0.6) is 17.2 Å². The van der Waals surface area contributed by atoms with E-state index in [-0.39, 0.29) is 11.9 Å². The van der Waals surface area contributed by atoms with Gasteiger partial charge in [0.2, 0.25) is 5.75 Å². The molecule has 6 heteroatoms. The second-order valence-corrected chi connectivity index (χ2v) is 5.36. The van der Waals surface area contributed by atoms with E-state index in [0.29, 0.717) is 42.4 Å². The molecule has 2 aromatic rings. The van der Waals surface area contributed by atoms with Crippen LogP contribution in [0.1, 0.15) is 23.0 Å². The van der Waals surface area contributed by atoms with Crippen LogP contribution in [0.25, 0.3) is 0 Å². The number of nitrogens with one attached hydrogen (secondary N) is 1. The molecule has 0 saturated carbocycles. The second kappa shape index (κ2) is 6.64. The minimum atomic E-state index is -0.195. The molecule has 0 saturated heterocycles. The number of methoxy groups -OCH3 is 1. The number of carbonyl (C=O) groups excluding carboxylic acids is 1. The van der Waals surface area contributed by atoms with Gasteiger partial charge in [0.1, 0.15) is 19.0 Å². The van der Waals surface area contributed by atoms with E-state index < -0.39 is 0 Å². The molecule has 0 unspecified atom stereocenters. The topological polar surface area (TPSA) is 69.9 Å². The summed E-state index contributed by atoms with van der Waals surface area (Å²) in [4.78, 5) is 12.4. The van der Waals surface area contributed by atoms with Crippen molar-refractivity contribution in [2.75, 3.05) is 20.3 Å². The smallest absolute Gasteiger partial charge is 0.251 e. The lowest BCUT2D eigenvalue weighted by atomic mass is 10.1. The highest BCUT2D eigenvalue weighted by molar-refractivity contribution is 5.95. The summed E-state index contributed by atoms with van der Waals surface area (Å²) in [6, 6.07) is 6.98. The number of hydrogen-bond donors (Lipinski definition) is 1. The fraction of sp³-hybridized carbons (Fsp3) is 0.353. The van der Waals surface area contributed by atoms with Crippen molar-refractivity contribution in [3.8, 4) is 17.2 Å². The van der Waals surface area contributed by atoms with Crippen molar-refractivity contribution in [2.45, 2.75) is 19.4 Å². The first kappa shape index (κ1) is 15.3. The molecule has 2 heterocycles. The fourth-order valence-corrected chi connectivity index (χ4v) is 2.49. The van der Waals surface area contributed by atoms with E-state index in [9.17, 15) is 4.79 Å². The van der Waals surface area contributed by atoms with Crippen molar-refractivity contribution >= 4 is 5.91 Å². The highest BCUT2D eigenvalue weighted by Crippen LogP contribution is 2.40. The van der Waals surface area contributed by atoms with Crippen LogP contribution in [-0.4, -0.2) is 32.3 Å². The lowest BCUT2D eigenvalue weighted by molar-refractivity contribution is 0.0937. The van der Waals surface area contributed by atoms with Gasteiger partial charge in [0.15, 0.2) is 11.5 Å². The molecule has 1 amide bonds. The number of carbonyl (C=O) groups is 1. The Balaban J connectivity index is 1.74. The first-order valence-corrected chi connectivity index (χ1v) is 7.48. The van der Waals surface area contributed by atoms with Gasteiger partial charge in [-0.3, -0.25) is 4.79 Å². The molecular formula is C17H19NO5. The fourth-order valence-electron chi connectivity index (χ4n) is 2.49. The van der Waals surface area contributed by atoms with E-state index in [1.54, 1.807) is 18.4 Å². The van der Waals surface area contributed by atoms with Gasteiger partial charge in [-0.15, -0.1) is 0 Å². The highest BCUT2D eigenvalue weighted by Gasteiger charge is 2.21. The molecule has 0 radical (unpaired) electrons. The Bertz CT molecular complexity index is 663. The van der Waals surface area contributed by atoms with Gasteiger partial charge < -0.3 is 23.9 Å². The number of hydrogen-bond acceptors (Lipinski definition) is 5. The Kier molecular flexibility index (Phi) is 4.41. The molecule has 1 aliphatic rings. The van der Waals surface area contributed by atoms with Crippen molar-refractivity contribution < 1.29 is 23.4 Å². The molecule has 3 rings (SSSR count). The van der Waals surface area contributed by atoms with E-state index in [2.05, 4.69) is 5.32 Å². The van der Waals surface area contributed by atoms with Crippen molar-refractivity contribution in [3.63, 3.8) is 0 Å². The molecule has 1 aliphatic heterocycles. The zero-order valence-corrected chi connectivity index (χ0v) is 13.1. The lowest BCUT2D eigenvalue weighted by Gasteiger charge is -2.21. The molecule has 1 aromatic heterocycles. The molecule has 0 aliphatic carbocycles. The maximum atomic E-state index is 12.4. The van der Waals surface area contributed by atoms with Crippen molar-refractivity contribution in [2.24, 2.45) is 0 Å². The van der Waals surface area contributed by atoms with Gasteiger partial charge in [-0.25, -0.2) is 0 Å². The molecule has 0 fully saturated rings. The van der Waals surface area contributed by atoms with Crippen LogP contribution in [0.3, 0.4) is 0 Å². The number of furan rings is 1. The predicted molar refractivity (Wildman–Crippen MR) is 83.3 cm³/mol. The van der Waals surface area contributed by atoms with Crippen LogP contribution >= 0.6 is 0 Å². The van der Waals surface area contributed by atoms with Crippen LogP contribution < -0.4 is 19.5 Å². The van der Waals surface area contributed by atoms with Crippen LogP contribution in [-0.2, 0) is 6.42 Å². The van der Waals surface area contributed by atoms with Gasteiger partial charge in [0, 0.05) is 18.0 Å². The summed E-state index contributed by atoms with van der Waals surface area (Å²) in [5.74, 6) is 2.20. The molecular weight excluding hydrogens is 298 g/mol. The van der Waals surface area contributed by atoms with Crippen LogP contribution in [0, 0.1) is 0 Å². The molecule has 1 N–H and O–H groups in total. The zero-order valence-electron chi connectivity index (χ0n) is 13.1. The van der Waals surface area contributed by atoms with Crippen molar-refractivity contribution in [3.05, 3.63) is 41.9 Å². The van der Waals surface area contributed by atoms with Gasteiger partial charge in [0.05, 0.1) is 13.4 Å². The average Bonchev–Trinajstić information content (AvgIpc) is 3.06. The Hall–Kier alpha value is -2.63. The van der Waals surface area contributed by atoms with Crippen LogP contribution in [0.4, 0.5) is 0 Å². The van der Waals surface area contributed by atoms with Crippen molar-refractivity contribution in [1.82, 2.24) is 5.32 Å². The summed E-state index contributed by atoms with van der Waals surface area (Å²) in [7, 11) is 1.54. The number of benzene rings is 1. The summed E-state index contributed by atoms with van der Waals surface area (Å²) in [5, 5.41) is 2.94. The first-order valence-electron chi connectivity index (χ1n) is 7.48. The summed E-state index contributed by atoms with van der Waals surface area (Å²) < 4.78 is 21.7. The third kappa shape index (κ3) is 3.41. The number of ether oxygens (including phenoxy) is 3. The summed E-state index contributed by atoms with van der Waals surface area (Å²) in [5.41, 5.74) is 0.470. The maximum absolute atomic E-state index is 12.4. The lowest BCUT2D eigenvalue weighted by Crippen LogP contribution is -2.34. The van der Waals surface area contributed by atoms with Gasteiger partial charge >= 0.3 is 0 Å². The molecule has 1 atom stereocenters. The van der Waals surface area contributed by atoms with E-state index in [0.717, 1.165) is 5.76 Å². The summed E-state index contributed by atoms with van der Waals surface area (Å²) in [6.45, 7) is 2.85. The SMILES string of the molecule is COc1cc(C(=O)N[C@@H](C)Cc2ccco2)cc2c1OCCO2. The molecule has 6 nitrogen and oxygen atoms in total. The largest absolute Gasteiger partial charge is 0.493 e. The molecule has 1 aromatic carbocycles. The molecule has 0 spiro atoms. The number of rotatable bonds is 5. The third-order valence-corrected chi connectivity index (χ3v) is 3.56. The van der Waals surface area contributed by atoms with Gasteiger partial charge in [-0.2, -0.15) is 0 Å². The summed E-state index contributed by atoms with van der Waals surface area (Å²) >= 11 is 0. The van der Waals surface area contributed by atoms with Gasteiger partial charge in [-0.1, -0.05) is 0 Å². The Morgan fingerprint density at radius 3 is 2.91 bits per heavy atom. The van der Waals surface area contributed by atoms with E-state index >= 15 is 0 Å². The van der Waals surface area contributed by atoms with E-state index in [4.69, 9.17) is 18.6 Å². The third-order valence-electron chi connectivity index (χ3n) is 3.56. The Labute approximate surface area is 134 Å². The highest BCUT2D eigenvalue weighted by atomic mass is 16.6.